The van der Waals surface area contributed by atoms with Crippen molar-refractivity contribution >= 4 is 45.1 Å². The van der Waals surface area contributed by atoms with Crippen LogP contribution in [0.3, 0.4) is 0 Å². The number of sulfonamides is 1. The molecule has 1 fully saturated rings. The highest BCUT2D eigenvalue weighted by atomic mass is 35.5. The van der Waals surface area contributed by atoms with Gasteiger partial charge >= 0.3 is 0 Å². The number of carbonyl (C=O) groups is 1. The molecule has 1 N–H and O–H groups in total. The smallest absolute Gasteiger partial charge is 0.245 e. The minimum Gasteiger partial charge on any atom is -0.293 e. The molecule has 10 heteroatoms. The molecule has 7 nitrogen and oxygen atoms in total. The standard InChI is InChI=1S/C15H14Cl2N4O3S/c16-11-5-4-10(9-12(11)17)25(23,24)21-8-1-3-13(21)14(22)20-15-18-6-2-7-19-15/h2,4-7,9,13H,1,3,8H2,(H,18,19,20,22)/t13-/m0/s1. The minimum atomic E-state index is -3.88. The van der Waals surface area contributed by atoms with Gasteiger partial charge in [0.15, 0.2) is 0 Å². The molecular formula is C15H14Cl2N4O3S. The van der Waals surface area contributed by atoms with Crippen molar-refractivity contribution in [3.05, 3.63) is 46.7 Å². The van der Waals surface area contributed by atoms with E-state index < -0.39 is 22.0 Å². The quantitative estimate of drug-likeness (QED) is 0.850. The lowest BCUT2D eigenvalue weighted by molar-refractivity contribution is -0.119. The van der Waals surface area contributed by atoms with Crippen molar-refractivity contribution in [3.8, 4) is 0 Å². The van der Waals surface area contributed by atoms with Crippen LogP contribution in [0.15, 0.2) is 41.6 Å². The van der Waals surface area contributed by atoms with E-state index in [0.717, 1.165) is 0 Å². The number of carbonyl (C=O) groups excluding carboxylic acids is 1. The van der Waals surface area contributed by atoms with Crippen LogP contribution in [-0.2, 0) is 14.8 Å². The summed E-state index contributed by atoms with van der Waals surface area (Å²) in [6.07, 6.45) is 3.97. The van der Waals surface area contributed by atoms with Crippen molar-refractivity contribution in [1.29, 1.82) is 0 Å². The number of halogens is 2. The molecule has 1 saturated heterocycles. The zero-order valence-corrected chi connectivity index (χ0v) is 15.2. The average molecular weight is 401 g/mol. The third kappa shape index (κ3) is 3.77. The molecule has 2 heterocycles. The first kappa shape index (κ1) is 18.1. The molecule has 0 bridgehead atoms. The summed E-state index contributed by atoms with van der Waals surface area (Å²) in [6.45, 7) is 0.246. The van der Waals surface area contributed by atoms with E-state index >= 15 is 0 Å². The Bertz CT molecular complexity index is 893. The van der Waals surface area contributed by atoms with Crippen LogP contribution in [0, 0.1) is 0 Å². The molecule has 1 aliphatic rings. The van der Waals surface area contributed by atoms with Gasteiger partial charge in [0.25, 0.3) is 0 Å². The molecule has 132 valence electrons. The van der Waals surface area contributed by atoms with Gasteiger partial charge in [-0.05, 0) is 37.1 Å². The topological polar surface area (TPSA) is 92.3 Å². The van der Waals surface area contributed by atoms with Crippen molar-refractivity contribution in [2.75, 3.05) is 11.9 Å². The fourth-order valence-corrected chi connectivity index (χ4v) is 4.67. The third-order valence-corrected chi connectivity index (χ3v) is 6.45. The van der Waals surface area contributed by atoms with E-state index in [4.69, 9.17) is 23.2 Å². The number of anilines is 1. The Labute approximate surface area is 155 Å². The number of nitrogens with zero attached hydrogens (tertiary/aromatic N) is 3. The van der Waals surface area contributed by atoms with Gasteiger partial charge in [-0.3, -0.25) is 10.1 Å². The Hall–Kier alpha value is -1.74. The van der Waals surface area contributed by atoms with E-state index in [1.54, 1.807) is 6.07 Å². The fraction of sp³-hybridized carbons (Fsp3) is 0.267. The molecule has 1 aromatic carbocycles. The number of benzene rings is 1. The van der Waals surface area contributed by atoms with Crippen LogP contribution in [0.5, 0.6) is 0 Å². The van der Waals surface area contributed by atoms with E-state index in [0.29, 0.717) is 12.8 Å². The van der Waals surface area contributed by atoms with Crippen molar-refractivity contribution in [1.82, 2.24) is 14.3 Å². The first-order valence-electron chi connectivity index (χ1n) is 7.44. The number of amides is 1. The number of nitrogens with one attached hydrogen (secondary N) is 1. The summed E-state index contributed by atoms with van der Waals surface area (Å²) in [5, 5.41) is 2.94. The molecule has 0 unspecified atom stereocenters. The Morgan fingerprint density at radius 1 is 1.20 bits per heavy atom. The monoisotopic (exact) mass is 400 g/mol. The van der Waals surface area contributed by atoms with Gasteiger partial charge < -0.3 is 0 Å². The van der Waals surface area contributed by atoms with Gasteiger partial charge in [0.2, 0.25) is 21.9 Å². The largest absolute Gasteiger partial charge is 0.293 e. The SMILES string of the molecule is O=C(Nc1ncccn1)[C@@H]1CCCN1S(=O)(=O)c1ccc(Cl)c(Cl)c1. The normalized spacial score (nSPS) is 18.2. The lowest BCUT2D eigenvalue weighted by atomic mass is 10.2. The fourth-order valence-electron chi connectivity index (χ4n) is 2.62. The second-order valence-electron chi connectivity index (χ2n) is 5.41. The zero-order valence-electron chi connectivity index (χ0n) is 12.9. The second-order valence-corrected chi connectivity index (χ2v) is 8.12. The maximum absolute atomic E-state index is 12.9. The van der Waals surface area contributed by atoms with Gasteiger partial charge in [0.05, 0.1) is 14.9 Å². The molecule has 2 aromatic rings. The Morgan fingerprint density at radius 2 is 1.92 bits per heavy atom. The summed E-state index contributed by atoms with van der Waals surface area (Å²) in [4.78, 5) is 20.3. The first-order chi connectivity index (χ1) is 11.9. The molecule has 1 aromatic heterocycles. The summed E-state index contributed by atoms with van der Waals surface area (Å²) >= 11 is 11.8. The van der Waals surface area contributed by atoms with Crippen molar-refractivity contribution in [2.24, 2.45) is 0 Å². The van der Waals surface area contributed by atoms with Gasteiger partial charge in [-0.1, -0.05) is 23.2 Å². The minimum absolute atomic E-state index is 0.00226. The van der Waals surface area contributed by atoms with Crippen LogP contribution in [0.1, 0.15) is 12.8 Å². The van der Waals surface area contributed by atoms with E-state index in [9.17, 15) is 13.2 Å². The molecule has 0 aliphatic carbocycles. The maximum atomic E-state index is 12.9. The van der Waals surface area contributed by atoms with Crippen LogP contribution >= 0.6 is 23.2 Å². The van der Waals surface area contributed by atoms with Crippen LogP contribution in [0.25, 0.3) is 0 Å². The van der Waals surface area contributed by atoms with E-state index in [1.807, 2.05) is 0 Å². The first-order valence-corrected chi connectivity index (χ1v) is 9.64. The van der Waals surface area contributed by atoms with Gasteiger partial charge in [0.1, 0.15) is 6.04 Å². The van der Waals surface area contributed by atoms with Crippen LogP contribution in [-0.4, -0.2) is 41.2 Å². The molecule has 0 saturated carbocycles. The van der Waals surface area contributed by atoms with Crippen LogP contribution in [0.2, 0.25) is 10.0 Å². The molecule has 3 rings (SSSR count). The van der Waals surface area contributed by atoms with Crippen LogP contribution < -0.4 is 5.32 Å². The van der Waals surface area contributed by atoms with Crippen LogP contribution in [0.4, 0.5) is 5.95 Å². The van der Waals surface area contributed by atoms with E-state index in [2.05, 4.69) is 15.3 Å². The highest BCUT2D eigenvalue weighted by Gasteiger charge is 2.39. The molecule has 0 radical (unpaired) electrons. The Balaban J connectivity index is 1.85. The number of rotatable bonds is 4. The summed E-state index contributed by atoms with van der Waals surface area (Å²) in [5.74, 6) is -0.335. The maximum Gasteiger partial charge on any atom is 0.245 e. The van der Waals surface area contributed by atoms with Crippen molar-refractivity contribution in [2.45, 2.75) is 23.8 Å². The summed E-state index contributed by atoms with van der Waals surface area (Å²) in [6, 6.07) is 4.86. The van der Waals surface area contributed by atoms with E-state index in [1.165, 1.54) is 34.9 Å². The van der Waals surface area contributed by atoms with E-state index in [-0.39, 0.29) is 27.4 Å². The van der Waals surface area contributed by atoms with Crippen molar-refractivity contribution in [3.63, 3.8) is 0 Å². The average Bonchev–Trinajstić information content (AvgIpc) is 3.09. The molecular weight excluding hydrogens is 387 g/mol. The second kappa shape index (κ2) is 7.25. The van der Waals surface area contributed by atoms with Crippen molar-refractivity contribution < 1.29 is 13.2 Å². The number of hydrogen-bond donors (Lipinski definition) is 1. The highest BCUT2D eigenvalue weighted by molar-refractivity contribution is 7.89. The van der Waals surface area contributed by atoms with Gasteiger partial charge in [-0.25, -0.2) is 18.4 Å². The predicted molar refractivity (Wildman–Crippen MR) is 94.0 cm³/mol. The number of hydrogen-bond acceptors (Lipinski definition) is 5. The highest BCUT2D eigenvalue weighted by Crippen LogP contribution is 2.30. The number of aromatic nitrogens is 2. The molecule has 1 atom stereocenters. The van der Waals surface area contributed by atoms with Gasteiger partial charge in [0, 0.05) is 18.9 Å². The Kier molecular flexibility index (Phi) is 5.24. The lowest BCUT2D eigenvalue weighted by Gasteiger charge is -2.23. The summed E-state index contributed by atoms with van der Waals surface area (Å²) in [5.41, 5.74) is 0. The molecule has 25 heavy (non-hydrogen) atoms. The van der Waals surface area contributed by atoms with Gasteiger partial charge in [-0.15, -0.1) is 0 Å². The molecule has 0 spiro atoms. The predicted octanol–water partition coefficient (Wildman–Crippen LogP) is 2.58. The molecule has 1 amide bonds. The van der Waals surface area contributed by atoms with Gasteiger partial charge in [-0.2, -0.15) is 4.31 Å². The summed E-state index contributed by atoms with van der Waals surface area (Å²) in [7, 11) is -3.88. The third-order valence-electron chi connectivity index (χ3n) is 3.80. The molecule has 1 aliphatic heterocycles. The lowest BCUT2D eigenvalue weighted by Crippen LogP contribution is -2.43. The summed E-state index contributed by atoms with van der Waals surface area (Å²) < 4.78 is 26.9. The zero-order chi connectivity index (χ0) is 18.0. The Morgan fingerprint density at radius 3 is 2.60 bits per heavy atom.